The third kappa shape index (κ3) is 2.57. The summed E-state index contributed by atoms with van der Waals surface area (Å²) < 4.78 is 2.83. The molecule has 0 fully saturated rings. The van der Waals surface area contributed by atoms with Crippen LogP contribution in [-0.2, 0) is 6.54 Å². The van der Waals surface area contributed by atoms with Crippen LogP contribution in [0.15, 0.2) is 47.1 Å². The van der Waals surface area contributed by atoms with Crippen molar-refractivity contribution in [1.82, 2.24) is 20.2 Å². The predicted molar refractivity (Wildman–Crippen MR) is 86.5 cm³/mol. The summed E-state index contributed by atoms with van der Waals surface area (Å²) in [6, 6.07) is 11.9. The lowest BCUT2D eigenvalue weighted by atomic mass is 10.1. The molecule has 0 bridgehead atoms. The zero-order valence-electron chi connectivity index (χ0n) is 11.6. The third-order valence-corrected chi connectivity index (χ3v) is 4.10. The number of aromatic nitrogens is 3. The number of para-hydroxylation sites is 1. The monoisotopic (exact) mass is 345 g/mol. The van der Waals surface area contributed by atoms with E-state index in [1.807, 2.05) is 41.9 Å². The van der Waals surface area contributed by atoms with Crippen LogP contribution in [0, 0.1) is 0 Å². The fraction of sp³-hybridized carbons (Fsp3) is 0.200. The fourth-order valence-corrected chi connectivity index (χ4v) is 2.98. The Morgan fingerprint density at radius 2 is 2.10 bits per heavy atom. The van der Waals surface area contributed by atoms with Gasteiger partial charge in [0.15, 0.2) is 0 Å². The van der Waals surface area contributed by atoms with Crippen LogP contribution in [0.5, 0.6) is 0 Å². The van der Waals surface area contributed by atoms with Crippen molar-refractivity contribution in [3.8, 4) is 0 Å². The first-order valence-corrected chi connectivity index (χ1v) is 7.57. The highest BCUT2D eigenvalue weighted by molar-refractivity contribution is 9.10. The van der Waals surface area contributed by atoms with Crippen molar-refractivity contribution in [3.63, 3.8) is 0 Å². The van der Waals surface area contributed by atoms with E-state index in [1.54, 1.807) is 6.20 Å². The molecule has 6 heteroatoms. The summed E-state index contributed by atoms with van der Waals surface area (Å²) in [7, 11) is 0. The van der Waals surface area contributed by atoms with Gasteiger partial charge < -0.3 is 0 Å². The van der Waals surface area contributed by atoms with Gasteiger partial charge in [-0.2, -0.15) is 5.10 Å². The molecule has 3 aromatic rings. The third-order valence-electron chi connectivity index (χ3n) is 3.49. The number of benzene rings is 1. The van der Waals surface area contributed by atoms with Gasteiger partial charge in [-0.05, 0) is 35.0 Å². The first-order chi connectivity index (χ1) is 10.2. The summed E-state index contributed by atoms with van der Waals surface area (Å²) in [5, 5.41) is 5.45. The molecule has 5 nitrogen and oxygen atoms in total. The molecule has 0 saturated carbocycles. The number of fused-ring (bicyclic) bond motifs is 1. The Morgan fingerprint density at radius 3 is 2.86 bits per heavy atom. The van der Waals surface area contributed by atoms with Crippen LogP contribution < -0.4 is 11.3 Å². The number of nitrogens with zero attached hydrogens (tertiary/aromatic N) is 3. The molecule has 1 atom stereocenters. The Bertz CT molecular complexity index is 768. The minimum Gasteiger partial charge on any atom is -0.270 e. The van der Waals surface area contributed by atoms with Crippen LogP contribution in [0.2, 0.25) is 0 Å². The number of rotatable bonds is 4. The first kappa shape index (κ1) is 14.2. The normalized spacial score (nSPS) is 12.7. The summed E-state index contributed by atoms with van der Waals surface area (Å²) in [6.45, 7) is 2.82. The number of halogens is 1. The number of hydrogen-bond donors (Lipinski definition) is 2. The van der Waals surface area contributed by atoms with Gasteiger partial charge in [0, 0.05) is 11.9 Å². The number of hydrazine groups is 1. The lowest BCUT2D eigenvalue weighted by Gasteiger charge is -2.18. The van der Waals surface area contributed by atoms with Crippen LogP contribution in [0.25, 0.3) is 10.9 Å². The van der Waals surface area contributed by atoms with Crippen LogP contribution in [0.3, 0.4) is 0 Å². The van der Waals surface area contributed by atoms with E-state index in [0.717, 1.165) is 33.3 Å². The molecular formula is C15H16BrN5. The molecule has 0 aliphatic heterocycles. The van der Waals surface area contributed by atoms with Crippen LogP contribution in [0.1, 0.15) is 24.4 Å². The summed E-state index contributed by atoms with van der Waals surface area (Å²) in [6.07, 6.45) is 1.78. The van der Waals surface area contributed by atoms with Crippen molar-refractivity contribution in [2.75, 3.05) is 0 Å². The maximum Gasteiger partial charge on any atom is 0.106 e. The van der Waals surface area contributed by atoms with E-state index in [-0.39, 0.29) is 6.04 Å². The van der Waals surface area contributed by atoms with E-state index < -0.39 is 0 Å². The molecule has 0 aliphatic rings. The molecule has 1 aromatic carbocycles. The van der Waals surface area contributed by atoms with E-state index >= 15 is 0 Å². The van der Waals surface area contributed by atoms with Crippen LogP contribution in [0.4, 0.5) is 0 Å². The van der Waals surface area contributed by atoms with Gasteiger partial charge in [-0.25, -0.2) is 5.43 Å². The van der Waals surface area contributed by atoms with Crippen molar-refractivity contribution in [1.29, 1.82) is 0 Å². The zero-order chi connectivity index (χ0) is 14.8. The topological polar surface area (TPSA) is 68.8 Å². The molecule has 0 amide bonds. The Morgan fingerprint density at radius 1 is 1.29 bits per heavy atom. The van der Waals surface area contributed by atoms with Crippen LogP contribution >= 0.6 is 15.9 Å². The van der Waals surface area contributed by atoms with E-state index in [2.05, 4.69) is 32.5 Å². The highest BCUT2D eigenvalue weighted by atomic mass is 79.9. The second-order valence-corrected chi connectivity index (χ2v) is 5.58. The second-order valence-electron chi connectivity index (χ2n) is 4.72. The highest BCUT2D eigenvalue weighted by Crippen LogP contribution is 2.28. The molecule has 1 unspecified atom stereocenters. The summed E-state index contributed by atoms with van der Waals surface area (Å²) in [4.78, 5) is 4.71. The minimum absolute atomic E-state index is 0.216. The molecule has 0 aliphatic carbocycles. The Hall–Kier alpha value is -1.76. The molecular weight excluding hydrogens is 330 g/mol. The van der Waals surface area contributed by atoms with Gasteiger partial charge in [0.05, 0.1) is 27.6 Å². The Kier molecular flexibility index (Phi) is 4.01. The van der Waals surface area contributed by atoms with E-state index in [1.165, 1.54) is 0 Å². The Balaban J connectivity index is 2.11. The maximum atomic E-state index is 5.78. The van der Waals surface area contributed by atoms with Crippen molar-refractivity contribution < 1.29 is 0 Å². The molecule has 2 heterocycles. The molecule has 0 spiro atoms. The Labute approximate surface area is 131 Å². The molecule has 2 aromatic heterocycles. The smallest absolute Gasteiger partial charge is 0.106 e. The van der Waals surface area contributed by atoms with Crippen molar-refractivity contribution in [2.45, 2.75) is 19.5 Å². The van der Waals surface area contributed by atoms with Gasteiger partial charge >= 0.3 is 0 Å². The van der Waals surface area contributed by atoms with Gasteiger partial charge in [0.1, 0.15) is 6.04 Å². The SMILES string of the molecule is CCn1ncc(Br)c1C(NN)c1ccc2ccccc2n1. The van der Waals surface area contributed by atoms with Gasteiger partial charge in [0.25, 0.3) is 0 Å². The lowest BCUT2D eigenvalue weighted by molar-refractivity contribution is 0.535. The summed E-state index contributed by atoms with van der Waals surface area (Å²) in [5.74, 6) is 5.78. The summed E-state index contributed by atoms with van der Waals surface area (Å²) in [5.41, 5.74) is 5.64. The molecule has 3 rings (SSSR count). The van der Waals surface area contributed by atoms with Crippen molar-refractivity contribution >= 4 is 26.8 Å². The molecule has 21 heavy (non-hydrogen) atoms. The van der Waals surface area contributed by atoms with E-state index in [0.29, 0.717) is 0 Å². The lowest BCUT2D eigenvalue weighted by Crippen LogP contribution is -2.31. The standard InChI is InChI=1S/C15H16BrN5/c1-2-21-15(11(16)9-18-21)14(20-17)13-8-7-10-5-3-4-6-12(10)19-13/h3-9,14,20H,2,17H2,1H3. The first-order valence-electron chi connectivity index (χ1n) is 6.77. The van der Waals surface area contributed by atoms with Crippen molar-refractivity contribution in [3.05, 3.63) is 58.5 Å². The second kappa shape index (κ2) is 5.93. The minimum atomic E-state index is -0.216. The van der Waals surface area contributed by atoms with Gasteiger partial charge in [-0.15, -0.1) is 0 Å². The van der Waals surface area contributed by atoms with Crippen molar-refractivity contribution in [2.24, 2.45) is 5.84 Å². The number of hydrogen-bond acceptors (Lipinski definition) is 4. The average molecular weight is 346 g/mol. The maximum absolute atomic E-state index is 5.78. The molecule has 3 N–H and O–H groups in total. The number of aryl methyl sites for hydroxylation is 1. The number of nitrogens with two attached hydrogens (primary N) is 1. The summed E-state index contributed by atoms with van der Waals surface area (Å²) >= 11 is 3.54. The van der Waals surface area contributed by atoms with Gasteiger partial charge in [-0.1, -0.05) is 24.3 Å². The van der Waals surface area contributed by atoms with Crippen LogP contribution in [-0.4, -0.2) is 14.8 Å². The zero-order valence-corrected chi connectivity index (χ0v) is 13.2. The van der Waals surface area contributed by atoms with Gasteiger partial charge in [0.2, 0.25) is 0 Å². The van der Waals surface area contributed by atoms with Gasteiger partial charge in [-0.3, -0.25) is 15.5 Å². The van der Waals surface area contributed by atoms with E-state index in [4.69, 9.17) is 10.8 Å². The predicted octanol–water partition coefficient (Wildman–Crippen LogP) is 2.77. The highest BCUT2D eigenvalue weighted by Gasteiger charge is 2.21. The molecule has 0 saturated heterocycles. The average Bonchev–Trinajstić information content (AvgIpc) is 2.89. The number of pyridine rings is 1. The quantitative estimate of drug-likeness (QED) is 0.563. The molecule has 108 valence electrons. The molecule has 0 radical (unpaired) electrons. The van der Waals surface area contributed by atoms with E-state index in [9.17, 15) is 0 Å². The largest absolute Gasteiger partial charge is 0.270 e. The number of nitrogens with one attached hydrogen (secondary N) is 1. The fourth-order valence-electron chi connectivity index (χ4n) is 2.46.